The van der Waals surface area contributed by atoms with Gasteiger partial charge in [0.15, 0.2) is 0 Å². The Morgan fingerprint density at radius 3 is 2.29 bits per heavy atom. The van der Waals surface area contributed by atoms with Crippen LogP contribution in [-0.2, 0) is 4.74 Å². The van der Waals surface area contributed by atoms with Gasteiger partial charge in [-0.3, -0.25) is 0 Å². The molecule has 2 rings (SSSR count). The van der Waals surface area contributed by atoms with Crippen LogP contribution in [0.5, 0.6) is 0 Å². The van der Waals surface area contributed by atoms with Gasteiger partial charge in [0.05, 0.1) is 10.4 Å². The van der Waals surface area contributed by atoms with Gasteiger partial charge in [0.1, 0.15) is 0 Å². The molecule has 1 aliphatic rings. The van der Waals surface area contributed by atoms with Gasteiger partial charge in [0.2, 0.25) is 0 Å². The highest BCUT2D eigenvalue weighted by Crippen LogP contribution is 2.45. The van der Waals surface area contributed by atoms with Crippen LogP contribution < -0.4 is 0 Å². The predicted molar refractivity (Wildman–Crippen MR) is 75.9 cm³/mol. The van der Waals surface area contributed by atoms with E-state index in [1.54, 1.807) is 0 Å². The average molecular weight is 297 g/mol. The molecule has 2 atom stereocenters. The first-order chi connectivity index (χ1) is 7.94. The Morgan fingerprint density at radius 1 is 1.24 bits per heavy atom. The molecule has 1 aromatic carbocycles. The Hall–Kier alpha value is -0.340. The number of aryl methyl sites for hydroxylation is 3. The molecule has 17 heavy (non-hydrogen) atoms. The van der Waals surface area contributed by atoms with Crippen molar-refractivity contribution in [3.8, 4) is 0 Å². The summed E-state index contributed by atoms with van der Waals surface area (Å²) in [6, 6.07) is 4.52. The molecule has 0 aliphatic carbocycles. The zero-order valence-corrected chi connectivity index (χ0v) is 12.7. The summed E-state index contributed by atoms with van der Waals surface area (Å²) >= 11 is 3.87. The van der Waals surface area contributed by atoms with Crippen molar-refractivity contribution in [1.29, 1.82) is 0 Å². The minimum atomic E-state index is -0.0508. The molecule has 1 saturated heterocycles. The van der Waals surface area contributed by atoms with Gasteiger partial charge in [-0.15, -0.1) is 0 Å². The monoisotopic (exact) mass is 296 g/mol. The predicted octanol–water partition coefficient (Wildman–Crippen LogP) is 4.62. The van der Waals surface area contributed by atoms with E-state index in [1.165, 1.54) is 28.7 Å². The van der Waals surface area contributed by atoms with E-state index in [0.717, 1.165) is 13.0 Å². The summed E-state index contributed by atoms with van der Waals surface area (Å²) in [5.41, 5.74) is 5.41. The molecule has 1 nitrogen and oxygen atoms in total. The zero-order chi connectivity index (χ0) is 12.6. The Kier molecular flexibility index (Phi) is 3.65. The van der Waals surface area contributed by atoms with Crippen molar-refractivity contribution >= 4 is 15.9 Å². The molecule has 0 bridgehead atoms. The molecule has 2 unspecified atom stereocenters. The molecule has 0 saturated carbocycles. The largest absolute Gasteiger partial charge is 0.374 e. The molecule has 1 aliphatic heterocycles. The van der Waals surface area contributed by atoms with Crippen molar-refractivity contribution in [3.63, 3.8) is 0 Å². The Bertz CT molecular complexity index is 396. The van der Waals surface area contributed by atoms with Crippen LogP contribution in [0, 0.1) is 20.8 Å². The maximum Gasteiger partial charge on any atom is 0.0820 e. The number of halogens is 1. The van der Waals surface area contributed by atoms with Gasteiger partial charge in [-0.1, -0.05) is 33.6 Å². The van der Waals surface area contributed by atoms with Crippen LogP contribution in [0.3, 0.4) is 0 Å². The normalized spacial score (nSPS) is 26.2. The summed E-state index contributed by atoms with van der Waals surface area (Å²) in [7, 11) is 0. The third-order valence-electron chi connectivity index (χ3n) is 3.78. The smallest absolute Gasteiger partial charge is 0.0820 e. The summed E-state index contributed by atoms with van der Waals surface area (Å²) in [6.45, 7) is 9.66. The van der Waals surface area contributed by atoms with E-state index in [4.69, 9.17) is 4.74 Å². The second kappa shape index (κ2) is 4.74. The van der Waals surface area contributed by atoms with E-state index < -0.39 is 0 Å². The SMILES string of the molecule is Cc1cc(C)c(C(Br)C2(C)CCCO2)c(C)c1. The van der Waals surface area contributed by atoms with Crippen LogP contribution >= 0.6 is 15.9 Å². The van der Waals surface area contributed by atoms with Crippen LogP contribution in [0.2, 0.25) is 0 Å². The summed E-state index contributed by atoms with van der Waals surface area (Å²) < 4.78 is 5.95. The summed E-state index contributed by atoms with van der Waals surface area (Å²) in [5, 5.41) is 0. The van der Waals surface area contributed by atoms with Gasteiger partial charge in [-0.2, -0.15) is 0 Å². The van der Waals surface area contributed by atoms with Gasteiger partial charge < -0.3 is 4.74 Å². The molecule has 0 spiro atoms. The lowest BCUT2D eigenvalue weighted by Gasteiger charge is -2.31. The summed E-state index contributed by atoms with van der Waals surface area (Å²) in [6.07, 6.45) is 2.30. The van der Waals surface area contributed by atoms with E-state index in [1.807, 2.05) is 0 Å². The number of rotatable bonds is 2. The Morgan fingerprint density at radius 2 is 1.82 bits per heavy atom. The fourth-order valence-electron chi connectivity index (χ4n) is 2.90. The number of benzene rings is 1. The second-order valence-electron chi connectivity index (χ2n) is 5.44. The van der Waals surface area contributed by atoms with Crippen molar-refractivity contribution in [1.82, 2.24) is 0 Å². The van der Waals surface area contributed by atoms with Crippen LogP contribution in [0.4, 0.5) is 0 Å². The third kappa shape index (κ3) is 2.43. The summed E-state index contributed by atoms with van der Waals surface area (Å²) in [4.78, 5) is 0.290. The average Bonchev–Trinajstić information content (AvgIpc) is 2.64. The van der Waals surface area contributed by atoms with Crippen LogP contribution in [0.25, 0.3) is 0 Å². The van der Waals surface area contributed by atoms with E-state index >= 15 is 0 Å². The van der Waals surface area contributed by atoms with Crippen molar-refractivity contribution in [2.24, 2.45) is 0 Å². The van der Waals surface area contributed by atoms with E-state index in [0.29, 0.717) is 0 Å². The van der Waals surface area contributed by atoms with Gasteiger partial charge in [-0.25, -0.2) is 0 Å². The maximum absolute atomic E-state index is 5.95. The Labute approximate surface area is 113 Å². The standard InChI is InChI=1S/C15H21BrO/c1-10-8-11(2)13(12(3)9-10)14(16)15(4)6-5-7-17-15/h8-9,14H,5-7H2,1-4H3. The van der Waals surface area contributed by atoms with Crippen LogP contribution in [0.1, 0.15) is 46.8 Å². The van der Waals surface area contributed by atoms with E-state index in [9.17, 15) is 0 Å². The lowest BCUT2D eigenvalue weighted by atomic mass is 9.88. The highest BCUT2D eigenvalue weighted by atomic mass is 79.9. The molecule has 2 heteroatoms. The first kappa shape index (κ1) is 13.1. The fourth-order valence-corrected chi connectivity index (χ4v) is 3.98. The number of hydrogen-bond acceptors (Lipinski definition) is 1. The number of alkyl halides is 1. The fraction of sp³-hybridized carbons (Fsp3) is 0.600. The van der Waals surface area contributed by atoms with E-state index in [2.05, 4.69) is 55.8 Å². The molecule has 1 fully saturated rings. The van der Waals surface area contributed by atoms with Crippen molar-refractivity contribution < 1.29 is 4.74 Å². The number of hydrogen-bond donors (Lipinski definition) is 0. The Balaban J connectivity index is 2.40. The van der Waals surface area contributed by atoms with Gasteiger partial charge in [0.25, 0.3) is 0 Å². The first-order valence-corrected chi connectivity index (χ1v) is 7.21. The second-order valence-corrected chi connectivity index (χ2v) is 6.36. The molecular weight excluding hydrogens is 276 g/mol. The van der Waals surface area contributed by atoms with Gasteiger partial charge in [-0.05, 0) is 57.2 Å². The van der Waals surface area contributed by atoms with Crippen molar-refractivity contribution in [3.05, 3.63) is 34.4 Å². The lowest BCUT2D eigenvalue weighted by Crippen LogP contribution is -2.29. The molecule has 0 N–H and O–H groups in total. The summed E-state index contributed by atoms with van der Waals surface area (Å²) in [5.74, 6) is 0. The molecule has 0 aromatic heterocycles. The molecule has 1 heterocycles. The first-order valence-electron chi connectivity index (χ1n) is 6.30. The highest BCUT2D eigenvalue weighted by molar-refractivity contribution is 9.09. The molecule has 0 radical (unpaired) electrons. The topological polar surface area (TPSA) is 9.23 Å². The van der Waals surface area contributed by atoms with Crippen molar-refractivity contribution in [2.45, 2.75) is 51.0 Å². The molecule has 0 amide bonds. The zero-order valence-electron chi connectivity index (χ0n) is 11.1. The van der Waals surface area contributed by atoms with Crippen LogP contribution in [0.15, 0.2) is 12.1 Å². The van der Waals surface area contributed by atoms with Gasteiger partial charge >= 0.3 is 0 Å². The lowest BCUT2D eigenvalue weighted by molar-refractivity contribution is 0.0195. The maximum atomic E-state index is 5.95. The van der Waals surface area contributed by atoms with Crippen LogP contribution in [-0.4, -0.2) is 12.2 Å². The quantitative estimate of drug-likeness (QED) is 0.724. The van der Waals surface area contributed by atoms with E-state index in [-0.39, 0.29) is 10.4 Å². The third-order valence-corrected chi connectivity index (χ3v) is 5.20. The minimum Gasteiger partial charge on any atom is -0.374 e. The highest BCUT2D eigenvalue weighted by Gasteiger charge is 2.38. The van der Waals surface area contributed by atoms with Crippen molar-refractivity contribution in [2.75, 3.05) is 6.61 Å². The van der Waals surface area contributed by atoms with Gasteiger partial charge in [0, 0.05) is 6.61 Å². The molecule has 94 valence electrons. The molecule has 1 aromatic rings. The molecular formula is C15H21BrO. The minimum absolute atomic E-state index is 0.0508. The number of ether oxygens (including phenoxy) is 1.